The van der Waals surface area contributed by atoms with E-state index in [1.54, 1.807) is 18.0 Å². The molecule has 1 fully saturated rings. The average Bonchev–Trinajstić information content (AvgIpc) is 3.26. The van der Waals surface area contributed by atoms with Gasteiger partial charge in [0.1, 0.15) is 11.6 Å². The maximum atomic E-state index is 12.2. The van der Waals surface area contributed by atoms with Crippen LogP contribution in [0.2, 0.25) is 5.02 Å². The molecule has 4 rings (SSSR count). The van der Waals surface area contributed by atoms with E-state index >= 15 is 0 Å². The second-order valence-electron chi connectivity index (χ2n) is 6.75. The Morgan fingerprint density at radius 3 is 2.86 bits per heavy atom. The molecule has 146 valence electrons. The molecule has 6 nitrogen and oxygen atoms in total. The second kappa shape index (κ2) is 8.84. The Hall–Kier alpha value is -2.25. The van der Waals surface area contributed by atoms with Crippen LogP contribution in [0.15, 0.2) is 52.2 Å². The molecule has 2 heterocycles. The fourth-order valence-electron chi connectivity index (χ4n) is 2.92. The smallest absolute Gasteiger partial charge is 0.221 e. The van der Waals surface area contributed by atoms with Gasteiger partial charge < -0.3 is 9.73 Å². The van der Waals surface area contributed by atoms with E-state index in [1.165, 1.54) is 0 Å². The number of halogens is 1. The number of furan rings is 1. The van der Waals surface area contributed by atoms with Crippen LogP contribution in [0.25, 0.3) is 0 Å². The van der Waals surface area contributed by atoms with Gasteiger partial charge in [-0.25, -0.2) is 0 Å². The zero-order valence-electron chi connectivity index (χ0n) is 15.3. The van der Waals surface area contributed by atoms with Gasteiger partial charge in [-0.2, -0.15) is 0 Å². The topological polar surface area (TPSA) is 73.0 Å². The third-order valence-corrected chi connectivity index (χ3v) is 5.91. The average molecular weight is 417 g/mol. The molecule has 0 spiro atoms. The predicted octanol–water partition coefficient (Wildman–Crippen LogP) is 4.25. The van der Waals surface area contributed by atoms with Crippen LogP contribution in [0, 0.1) is 0 Å². The summed E-state index contributed by atoms with van der Waals surface area (Å²) in [5, 5.41) is 13.1. The van der Waals surface area contributed by atoms with E-state index in [2.05, 4.69) is 20.1 Å². The fraction of sp³-hybridized carbons (Fsp3) is 0.350. The van der Waals surface area contributed by atoms with Crippen molar-refractivity contribution >= 4 is 29.3 Å². The Labute approximate surface area is 172 Å². The van der Waals surface area contributed by atoms with Gasteiger partial charge in [0.2, 0.25) is 5.91 Å². The van der Waals surface area contributed by atoms with Gasteiger partial charge in [-0.1, -0.05) is 41.6 Å². The number of carbonyl (C=O) groups is 1. The van der Waals surface area contributed by atoms with Gasteiger partial charge >= 0.3 is 0 Å². The third-order valence-electron chi connectivity index (χ3n) is 4.58. The number of nitrogens with one attached hydrogen (secondary N) is 1. The minimum Gasteiger partial charge on any atom is -0.467 e. The highest BCUT2D eigenvalue weighted by atomic mass is 35.5. The monoisotopic (exact) mass is 416 g/mol. The molecule has 3 aromatic rings. The molecule has 1 amide bonds. The Kier molecular flexibility index (Phi) is 6.02. The van der Waals surface area contributed by atoms with Gasteiger partial charge in [0, 0.05) is 29.7 Å². The van der Waals surface area contributed by atoms with E-state index < -0.39 is 0 Å². The minimum absolute atomic E-state index is 0.00747. The first-order chi connectivity index (χ1) is 13.7. The Morgan fingerprint density at radius 1 is 1.25 bits per heavy atom. The highest BCUT2D eigenvalue weighted by Crippen LogP contribution is 2.40. The van der Waals surface area contributed by atoms with Gasteiger partial charge in [0.15, 0.2) is 5.16 Å². The van der Waals surface area contributed by atoms with Crippen molar-refractivity contribution in [1.82, 2.24) is 20.1 Å². The number of aromatic nitrogens is 3. The lowest BCUT2D eigenvalue weighted by atomic mass is 10.2. The van der Waals surface area contributed by atoms with Crippen LogP contribution in [0.5, 0.6) is 0 Å². The van der Waals surface area contributed by atoms with E-state index in [4.69, 9.17) is 16.0 Å². The van der Waals surface area contributed by atoms with Crippen LogP contribution in [0.4, 0.5) is 0 Å². The molecule has 1 aliphatic carbocycles. The summed E-state index contributed by atoms with van der Waals surface area (Å²) in [5.74, 6) is 3.01. The number of benzene rings is 1. The molecule has 8 heteroatoms. The van der Waals surface area contributed by atoms with E-state index in [9.17, 15) is 4.79 Å². The van der Waals surface area contributed by atoms with Crippen LogP contribution < -0.4 is 5.32 Å². The van der Waals surface area contributed by atoms with Crippen molar-refractivity contribution in [3.8, 4) is 0 Å². The van der Waals surface area contributed by atoms with Crippen LogP contribution in [-0.4, -0.2) is 26.4 Å². The minimum atomic E-state index is -0.00747. The number of thioether (sulfide) groups is 1. The largest absolute Gasteiger partial charge is 0.467 e. The summed E-state index contributed by atoms with van der Waals surface area (Å²) in [4.78, 5) is 12.2. The maximum absolute atomic E-state index is 12.2. The number of hydrogen-bond acceptors (Lipinski definition) is 5. The zero-order valence-corrected chi connectivity index (χ0v) is 16.9. The molecule has 0 unspecified atom stereocenters. The van der Waals surface area contributed by atoms with Crippen LogP contribution in [0.1, 0.15) is 42.3 Å². The van der Waals surface area contributed by atoms with Crippen LogP contribution in [-0.2, 0) is 17.9 Å². The predicted molar refractivity (Wildman–Crippen MR) is 108 cm³/mol. The van der Waals surface area contributed by atoms with Crippen molar-refractivity contribution in [3.63, 3.8) is 0 Å². The number of carbonyl (C=O) groups excluding carboxylic acids is 1. The first kappa shape index (κ1) is 19.1. The molecule has 0 radical (unpaired) electrons. The first-order valence-corrected chi connectivity index (χ1v) is 10.7. The number of nitrogens with zero attached hydrogens (tertiary/aromatic N) is 3. The summed E-state index contributed by atoms with van der Waals surface area (Å²) in [7, 11) is 0. The van der Waals surface area contributed by atoms with Gasteiger partial charge in [-0.05, 0) is 36.6 Å². The van der Waals surface area contributed by atoms with Gasteiger partial charge in [-0.15, -0.1) is 10.2 Å². The van der Waals surface area contributed by atoms with E-state index in [0.29, 0.717) is 36.2 Å². The van der Waals surface area contributed by atoms with E-state index in [-0.39, 0.29) is 5.91 Å². The summed E-state index contributed by atoms with van der Waals surface area (Å²) in [5.41, 5.74) is 0.914. The lowest BCUT2D eigenvalue weighted by molar-refractivity contribution is -0.120. The summed E-state index contributed by atoms with van der Waals surface area (Å²) in [6, 6.07) is 11.3. The highest BCUT2D eigenvalue weighted by Gasteiger charge is 2.30. The summed E-state index contributed by atoms with van der Waals surface area (Å²) < 4.78 is 7.60. The molecule has 0 saturated heterocycles. The van der Waals surface area contributed by atoms with Crippen molar-refractivity contribution in [1.29, 1.82) is 0 Å². The van der Waals surface area contributed by atoms with Crippen LogP contribution >= 0.6 is 23.4 Å². The number of hydrogen-bond donors (Lipinski definition) is 1. The third kappa shape index (κ3) is 4.77. The van der Waals surface area contributed by atoms with Gasteiger partial charge in [0.25, 0.3) is 0 Å². The van der Waals surface area contributed by atoms with E-state index in [0.717, 1.165) is 35.1 Å². The van der Waals surface area contributed by atoms with Crippen LogP contribution in [0.3, 0.4) is 0 Å². The molecule has 28 heavy (non-hydrogen) atoms. The van der Waals surface area contributed by atoms with Crippen molar-refractivity contribution in [2.75, 3.05) is 5.75 Å². The number of rotatable bonds is 9. The lowest BCUT2D eigenvalue weighted by Gasteiger charge is -2.09. The van der Waals surface area contributed by atoms with Gasteiger partial charge in [0.05, 0.1) is 12.8 Å². The summed E-state index contributed by atoms with van der Waals surface area (Å²) >= 11 is 7.67. The number of amides is 1. The lowest BCUT2D eigenvalue weighted by Crippen LogP contribution is -2.23. The molecule has 0 aliphatic heterocycles. The molecule has 1 saturated carbocycles. The van der Waals surface area contributed by atoms with Crippen molar-refractivity contribution in [2.45, 2.75) is 43.4 Å². The first-order valence-electron chi connectivity index (χ1n) is 9.29. The fourth-order valence-corrected chi connectivity index (χ4v) is 4.00. The molecular formula is C20H21ClN4O2S. The summed E-state index contributed by atoms with van der Waals surface area (Å²) in [6.07, 6.45) is 4.39. The Balaban J connectivity index is 1.31. The van der Waals surface area contributed by atoms with Crippen molar-refractivity contribution < 1.29 is 9.21 Å². The van der Waals surface area contributed by atoms with Crippen molar-refractivity contribution in [3.05, 3.63) is 64.8 Å². The Bertz CT molecular complexity index is 938. The normalized spacial score (nSPS) is 13.6. The van der Waals surface area contributed by atoms with Crippen molar-refractivity contribution in [2.24, 2.45) is 0 Å². The zero-order chi connectivity index (χ0) is 19.3. The van der Waals surface area contributed by atoms with E-state index in [1.807, 2.05) is 36.4 Å². The Morgan fingerprint density at radius 2 is 2.11 bits per heavy atom. The molecule has 0 bridgehead atoms. The molecule has 1 aliphatic rings. The molecule has 0 atom stereocenters. The molecule has 1 N–H and O–H groups in total. The molecule has 2 aromatic heterocycles. The quantitative estimate of drug-likeness (QED) is 0.528. The molecular weight excluding hydrogens is 396 g/mol. The SMILES string of the molecule is O=C(CCSc1nnc(C2CC2)n1Cc1ccco1)NCc1ccccc1Cl. The van der Waals surface area contributed by atoms with Gasteiger partial charge in [-0.3, -0.25) is 9.36 Å². The highest BCUT2D eigenvalue weighted by molar-refractivity contribution is 7.99. The second-order valence-corrected chi connectivity index (χ2v) is 8.22. The standard InChI is InChI=1S/C20H21ClN4O2S/c21-17-6-2-1-4-15(17)12-22-18(26)9-11-28-20-24-23-19(14-7-8-14)25(20)13-16-5-3-10-27-16/h1-6,10,14H,7-9,11-13H2,(H,22,26). The summed E-state index contributed by atoms with van der Waals surface area (Å²) in [6.45, 7) is 1.05. The maximum Gasteiger partial charge on any atom is 0.221 e. The molecule has 1 aromatic carbocycles.